The summed E-state index contributed by atoms with van der Waals surface area (Å²) in [5, 5.41) is 7.29. The zero-order valence-electron chi connectivity index (χ0n) is 16.0. The van der Waals surface area contributed by atoms with E-state index in [1.54, 1.807) is 4.68 Å². The molecule has 1 aromatic heterocycles. The molecule has 7 nitrogen and oxygen atoms in total. The van der Waals surface area contributed by atoms with Crippen molar-refractivity contribution < 1.29 is 9.53 Å². The van der Waals surface area contributed by atoms with E-state index < -0.39 is 0 Å². The number of urea groups is 1. The number of nitrogens with zero attached hydrogens (tertiary/aromatic N) is 4. The molecule has 1 aliphatic heterocycles. The summed E-state index contributed by atoms with van der Waals surface area (Å²) < 4.78 is 7.11. The zero-order valence-corrected chi connectivity index (χ0v) is 16.0. The lowest BCUT2D eigenvalue weighted by Crippen LogP contribution is -2.44. The normalized spacial score (nSPS) is 15.3. The van der Waals surface area contributed by atoms with Crippen molar-refractivity contribution in [3.8, 4) is 0 Å². The van der Waals surface area contributed by atoms with Crippen LogP contribution in [0.15, 0.2) is 6.07 Å². The first kappa shape index (κ1) is 19.7. The number of rotatable bonds is 9. The fourth-order valence-corrected chi connectivity index (χ4v) is 3.05. The highest BCUT2D eigenvalue weighted by Crippen LogP contribution is 2.10. The Morgan fingerprint density at radius 2 is 2.04 bits per heavy atom. The van der Waals surface area contributed by atoms with Crippen molar-refractivity contribution in [3.05, 3.63) is 11.8 Å². The number of hydrogen-bond donors (Lipinski definition) is 1. The molecule has 2 rings (SSSR count). The molecular weight excluding hydrogens is 318 g/mol. The third-order valence-electron chi connectivity index (χ3n) is 4.60. The van der Waals surface area contributed by atoms with Gasteiger partial charge in [0.25, 0.3) is 0 Å². The first-order valence-corrected chi connectivity index (χ1v) is 9.47. The molecule has 0 saturated carbocycles. The molecule has 7 heteroatoms. The van der Waals surface area contributed by atoms with Gasteiger partial charge in [-0.25, -0.2) is 4.79 Å². The molecule has 0 radical (unpaired) electrons. The third kappa shape index (κ3) is 6.66. The molecule has 2 heterocycles. The Bertz CT molecular complexity index is 526. The van der Waals surface area contributed by atoms with Gasteiger partial charge in [-0.2, -0.15) is 5.10 Å². The Morgan fingerprint density at radius 3 is 2.68 bits per heavy atom. The highest BCUT2D eigenvalue weighted by molar-refractivity contribution is 5.88. The standard InChI is InChI=1S/C18H33N5O2/c1-4-5-6-7-8-23(10-9-22-11-13-25-14-12-22)18(24)19-17-15-16(2)20-21(17)3/h15H,4-14H2,1-3H3,(H,19,24). The van der Waals surface area contributed by atoms with Crippen molar-refractivity contribution in [1.82, 2.24) is 19.6 Å². The van der Waals surface area contributed by atoms with Crippen molar-refractivity contribution in [2.45, 2.75) is 39.5 Å². The van der Waals surface area contributed by atoms with E-state index >= 15 is 0 Å². The topological polar surface area (TPSA) is 62.6 Å². The summed E-state index contributed by atoms with van der Waals surface area (Å²) in [7, 11) is 1.85. The fourth-order valence-electron chi connectivity index (χ4n) is 3.05. The number of carbonyl (C=O) groups is 1. The largest absolute Gasteiger partial charge is 0.379 e. The van der Waals surface area contributed by atoms with Crippen LogP contribution in [-0.4, -0.2) is 71.5 Å². The van der Waals surface area contributed by atoms with E-state index in [-0.39, 0.29) is 6.03 Å². The maximum Gasteiger partial charge on any atom is 0.323 e. The highest BCUT2D eigenvalue weighted by atomic mass is 16.5. The average Bonchev–Trinajstić information content (AvgIpc) is 2.92. The molecule has 0 bridgehead atoms. The maximum absolute atomic E-state index is 12.7. The highest BCUT2D eigenvalue weighted by Gasteiger charge is 2.17. The minimum Gasteiger partial charge on any atom is -0.379 e. The van der Waals surface area contributed by atoms with Gasteiger partial charge < -0.3 is 9.64 Å². The number of ether oxygens (including phenoxy) is 1. The number of carbonyl (C=O) groups excluding carboxylic acids is 1. The first-order chi connectivity index (χ1) is 12.1. The molecule has 0 unspecified atom stereocenters. The second-order valence-corrected chi connectivity index (χ2v) is 6.73. The Hall–Kier alpha value is -1.60. The Labute approximate surface area is 151 Å². The lowest BCUT2D eigenvalue weighted by Gasteiger charge is -2.30. The molecule has 25 heavy (non-hydrogen) atoms. The first-order valence-electron chi connectivity index (χ1n) is 9.47. The fraction of sp³-hybridized carbons (Fsp3) is 0.778. The Balaban J connectivity index is 1.88. The summed E-state index contributed by atoms with van der Waals surface area (Å²) in [6, 6.07) is 1.86. The third-order valence-corrected chi connectivity index (χ3v) is 4.60. The summed E-state index contributed by atoms with van der Waals surface area (Å²) in [4.78, 5) is 17.0. The molecule has 1 saturated heterocycles. The Kier molecular flexibility index (Phi) is 8.21. The Morgan fingerprint density at radius 1 is 1.28 bits per heavy atom. The van der Waals surface area contributed by atoms with Gasteiger partial charge in [-0.1, -0.05) is 26.2 Å². The summed E-state index contributed by atoms with van der Waals surface area (Å²) in [5.41, 5.74) is 0.903. The van der Waals surface area contributed by atoms with Gasteiger partial charge in [0.1, 0.15) is 5.82 Å². The van der Waals surface area contributed by atoms with E-state index in [4.69, 9.17) is 4.74 Å². The van der Waals surface area contributed by atoms with Gasteiger partial charge in [0.2, 0.25) is 0 Å². The number of nitrogens with one attached hydrogen (secondary N) is 1. The molecule has 0 atom stereocenters. The number of morpholine rings is 1. The van der Waals surface area contributed by atoms with Crippen molar-refractivity contribution in [3.63, 3.8) is 0 Å². The van der Waals surface area contributed by atoms with Gasteiger partial charge in [0, 0.05) is 45.8 Å². The van der Waals surface area contributed by atoms with Crippen LogP contribution in [0.4, 0.5) is 10.6 Å². The number of aryl methyl sites for hydroxylation is 2. The van der Waals surface area contributed by atoms with Crippen molar-refractivity contribution in [2.24, 2.45) is 7.05 Å². The number of hydrogen-bond acceptors (Lipinski definition) is 4. The monoisotopic (exact) mass is 351 g/mol. The molecule has 0 spiro atoms. The zero-order chi connectivity index (χ0) is 18.1. The van der Waals surface area contributed by atoms with E-state index in [9.17, 15) is 4.79 Å². The van der Waals surface area contributed by atoms with Crippen molar-refractivity contribution in [2.75, 3.05) is 51.3 Å². The summed E-state index contributed by atoms with van der Waals surface area (Å²) >= 11 is 0. The molecule has 142 valence electrons. The molecule has 2 amide bonds. The summed E-state index contributed by atoms with van der Waals surface area (Å²) in [6.45, 7) is 10.0. The number of anilines is 1. The summed E-state index contributed by atoms with van der Waals surface area (Å²) in [5.74, 6) is 0.743. The second kappa shape index (κ2) is 10.4. The quantitative estimate of drug-likeness (QED) is 0.694. The minimum atomic E-state index is -0.0345. The van der Waals surface area contributed by atoms with E-state index in [2.05, 4.69) is 22.2 Å². The SMILES string of the molecule is CCCCCCN(CCN1CCOCC1)C(=O)Nc1cc(C)nn1C. The molecule has 0 aliphatic carbocycles. The van der Waals surface area contributed by atoms with Gasteiger partial charge in [0.05, 0.1) is 18.9 Å². The number of aromatic nitrogens is 2. The smallest absolute Gasteiger partial charge is 0.323 e. The van der Waals surface area contributed by atoms with Crippen LogP contribution < -0.4 is 5.32 Å². The van der Waals surface area contributed by atoms with E-state index in [0.717, 1.165) is 63.9 Å². The van der Waals surface area contributed by atoms with Crippen LogP contribution in [0.3, 0.4) is 0 Å². The van der Waals surface area contributed by atoms with Crippen molar-refractivity contribution >= 4 is 11.8 Å². The predicted octanol–water partition coefficient (Wildman–Crippen LogP) is 2.47. The molecule has 1 aliphatic rings. The van der Waals surface area contributed by atoms with Crippen LogP contribution >= 0.6 is 0 Å². The average molecular weight is 351 g/mol. The van der Waals surface area contributed by atoms with Crippen LogP contribution in [-0.2, 0) is 11.8 Å². The number of amides is 2. The van der Waals surface area contributed by atoms with Gasteiger partial charge in [0.15, 0.2) is 0 Å². The van der Waals surface area contributed by atoms with Crippen LogP contribution in [0.1, 0.15) is 38.3 Å². The van der Waals surface area contributed by atoms with Crippen LogP contribution in [0.5, 0.6) is 0 Å². The molecule has 1 fully saturated rings. The van der Waals surface area contributed by atoms with Gasteiger partial charge in [-0.05, 0) is 13.3 Å². The van der Waals surface area contributed by atoms with Crippen LogP contribution in [0.2, 0.25) is 0 Å². The van der Waals surface area contributed by atoms with Crippen LogP contribution in [0.25, 0.3) is 0 Å². The summed E-state index contributed by atoms with van der Waals surface area (Å²) in [6.07, 6.45) is 4.64. The minimum absolute atomic E-state index is 0.0345. The molecule has 0 aromatic carbocycles. The molecule has 1 N–H and O–H groups in total. The lowest BCUT2D eigenvalue weighted by molar-refractivity contribution is 0.0351. The van der Waals surface area contributed by atoms with E-state index in [0.29, 0.717) is 0 Å². The lowest BCUT2D eigenvalue weighted by atomic mass is 10.2. The second-order valence-electron chi connectivity index (χ2n) is 6.73. The van der Waals surface area contributed by atoms with Crippen molar-refractivity contribution in [1.29, 1.82) is 0 Å². The van der Waals surface area contributed by atoms with E-state index in [1.165, 1.54) is 19.3 Å². The predicted molar refractivity (Wildman–Crippen MR) is 99.9 cm³/mol. The number of unbranched alkanes of at least 4 members (excludes halogenated alkanes) is 3. The van der Waals surface area contributed by atoms with Crippen LogP contribution in [0, 0.1) is 6.92 Å². The van der Waals surface area contributed by atoms with Gasteiger partial charge in [-0.15, -0.1) is 0 Å². The molecular formula is C18H33N5O2. The maximum atomic E-state index is 12.7. The van der Waals surface area contributed by atoms with Gasteiger partial charge >= 0.3 is 6.03 Å². The van der Waals surface area contributed by atoms with E-state index in [1.807, 2.05) is 24.9 Å². The molecule has 1 aromatic rings. The van der Waals surface area contributed by atoms with Gasteiger partial charge in [-0.3, -0.25) is 14.9 Å².